The van der Waals surface area contributed by atoms with Crippen LogP contribution in [-0.4, -0.2) is 11.5 Å². The highest BCUT2D eigenvalue weighted by Gasteiger charge is 2.18. The van der Waals surface area contributed by atoms with Crippen LogP contribution in [0.15, 0.2) is 10.9 Å². The van der Waals surface area contributed by atoms with Gasteiger partial charge in [-0.25, -0.2) is 4.98 Å². The second-order valence-corrected chi connectivity index (χ2v) is 6.36. The molecule has 0 aliphatic carbocycles. The van der Waals surface area contributed by atoms with Gasteiger partial charge in [0.25, 0.3) is 0 Å². The molecule has 1 heterocycles. The maximum absolute atomic E-state index is 4.35. The number of nitrogens with one attached hydrogen (secondary N) is 1. The molecule has 0 radical (unpaired) electrons. The summed E-state index contributed by atoms with van der Waals surface area (Å²) in [7, 11) is 0. The van der Waals surface area contributed by atoms with Crippen molar-refractivity contribution in [3.63, 3.8) is 0 Å². The molecule has 0 saturated carbocycles. The Bertz CT molecular complexity index is 293. The lowest BCUT2D eigenvalue weighted by Gasteiger charge is -2.27. The van der Waals surface area contributed by atoms with Crippen molar-refractivity contribution < 1.29 is 0 Å². The second kappa shape index (κ2) is 7.12. The Hall–Kier alpha value is -0.410. The van der Waals surface area contributed by atoms with Crippen LogP contribution in [-0.2, 0) is 0 Å². The Labute approximate surface area is 110 Å². The summed E-state index contributed by atoms with van der Waals surface area (Å²) in [5.74, 6) is 0. The van der Waals surface area contributed by atoms with Gasteiger partial charge in [-0.15, -0.1) is 11.3 Å². The second-order valence-electron chi connectivity index (χ2n) is 5.64. The molecule has 0 bridgehead atoms. The van der Waals surface area contributed by atoms with E-state index >= 15 is 0 Å². The molecule has 1 atom stereocenters. The molecule has 98 valence electrons. The van der Waals surface area contributed by atoms with Crippen molar-refractivity contribution in [3.05, 3.63) is 16.6 Å². The molecule has 1 aromatic heterocycles. The summed E-state index contributed by atoms with van der Waals surface area (Å²) in [6.07, 6.45) is 5.30. The molecule has 0 spiro atoms. The Morgan fingerprint density at radius 3 is 2.76 bits per heavy atom. The minimum atomic E-state index is 0.367. The summed E-state index contributed by atoms with van der Waals surface area (Å²) < 4.78 is 0. The highest BCUT2D eigenvalue weighted by molar-refractivity contribution is 7.07. The molecular weight excluding hydrogens is 228 g/mol. The van der Waals surface area contributed by atoms with E-state index in [2.05, 4.69) is 43.4 Å². The summed E-state index contributed by atoms with van der Waals surface area (Å²) in [5, 5.41) is 5.72. The van der Waals surface area contributed by atoms with Gasteiger partial charge in [-0.2, -0.15) is 0 Å². The number of nitrogens with zero attached hydrogens (tertiary/aromatic N) is 1. The lowest BCUT2D eigenvalue weighted by atomic mass is 9.86. The van der Waals surface area contributed by atoms with Gasteiger partial charge in [0.05, 0.1) is 11.2 Å². The first-order valence-corrected chi connectivity index (χ1v) is 7.61. The summed E-state index contributed by atoms with van der Waals surface area (Å²) in [5.41, 5.74) is 3.46. The minimum Gasteiger partial charge on any atom is -0.308 e. The summed E-state index contributed by atoms with van der Waals surface area (Å²) in [6, 6.07) is 0.367. The number of hydrogen-bond donors (Lipinski definition) is 1. The topological polar surface area (TPSA) is 24.9 Å². The zero-order valence-electron chi connectivity index (χ0n) is 11.6. The van der Waals surface area contributed by atoms with Crippen LogP contribution in [0.3, 0.4) is 0 Å². The molecule has 0 aliphatic rings. The van der Waals surface area contributed by atoms with Gasteiger partial charge in [0.15, 0.2) is 0 Å². The molecule has 1 N–H and O–H groups in total. The van der Waals surface area contributed by atoms with E-state index in [1.165, 1.54) is 31.4 Å². The monoisotopic (exact) mass is 254 g/mol. The largest absolute Gasteiger partial charge is 0.308 e. The van der Waals surface area contributed by atoms with Crippen LogP contribution in [0.1, 0.15) is 65.1 Å². The van der Waals surface area contributed by atoms with E-state index in [9.17, 15) is 0 Å². The summed E-state index contributed by atoms with van der Waals surface area (Å²) in [6.45, 7) is 10.2. The van der Waals surface area contributed by atoms with Crippen LogP contribution < -0.4 is 5.32 Å². The van der Waals surface area contributed by atoms with E-state index in [0.717, 1.165) is 6.54 Å². The lowest BCUT2D eigenvalue weighted by Crippen LogP contribution is -2.31. The molecule has 2 nitrogen and oxygen atoms in total. The van der Waals surface area contributed by atoms with Crippen LogP contribution in [0.2, 0.25) is 0 Å². The van der Waals surface area contributed by atoms with Gasteiger partial charge in [0.1, 0.15) is 0 Å². The molecule has 0 aliphatic heterocycles. The van der Waals surface area contributed by atoms with E-state index in [4.69, 9.17) is 0 Å². The fourth-order valence-electron chi connectivity index (χ4n) is 1.91. The quantitative estimate of drug-likeness (QED) is 0.695. The summed E-state index contributed by atoms with van der Waals surface area (Å²) >= 11 is 1.67. The first kappa shape index (κ1) is 14.7. The van der Waals surface area contributed by atoms with Crippen LogP contribution in [0.5, 0.6) is 0 Å². The third-order valence-electron chi connectivity index (χ3n) is 3.24. The zero-order chi connectivity index (χ0) is 12.7. The Balaban J connectivity index is 2.28. The van der Waals surface area contributed by atoms with Crippen LogP contribution in [0.4, 0.5) is 0 Å². The molecule has 0 saturated heterocycles. The minimum absolute atomic E-state index is 0.367. The maximum atomic E-state index is 4.35. The third kappa shape index (κ3) is 5.64. The average Bonchev–Trinajstić information content (AvgIpc) is 2.80. The molecular formula is C14H26N2S. The highest BCUT2D eigenvalue weighted by Crippen LogP contribution is 2.24. The molecule has 1 unspecified atom stereocenters. The Morgan fingerprint density at radius 2 is 2.18 bits per heavy atom. The van der Waals surface area contributed by atoms with Crippen molar-refractivity contribution in [2.24, 2.45) is 5.41 Å². The summed E-state index contributed by atoms with van der Waals surface area (Å²) in [4.78, 5) is 4.35. The van der Waals surface area contributed by atoms with Crippen LogP contribution in [0.25, 0.3) is 0 Å². The van der Waals surface area contributed by atoms with E-state index in [-0.39, 0.29) is 0 Å². The van der Waals surface area contributed by atoms with Gasteiger partial charge in [-0.3, -0.25) is 0 Å². The fraction of sp³-hybridized carbons (Fsp3) is 0.786. The molecule has 0 amide bonds. The highest BCUT2D eigenvalue weighted by atomic mass is 32.1. The molecule has 0 aromatic carbocycles. The standard InChI is InChI=1S/C14H26N2S/c1-5-6-7-8-14(3,4)10-15-12(2)13-9-17-11-16-13/h9,11-12,15H,5-8,10H2,1-4H3. The lowest BCUT2D eigenvalue weighted by molar-refractivity contribution is 0.290. The van der Waals surface area contributed by atoms with E-state index in [0.29, 0.717) is 11.5 Å². The first-order valence-electron chi connectivity index (χ1n) is 6.66. The number of hydrogen-bond acceptors (Lipinski definition) is 3. The average molecular weight is 254 g/mol. The Morgan fingerprint density at radius 1 is 1.41 bits per heavy atom. The van der Waals surface area contributed by atoms with E-state index < -0.39 is 0 Å². The molecule has 17 heavy (non-hydrogen) atoms. The number of unbranched alkanes of at least 4 members (excludes halogenated alkanes) is 2. The predicted octanol–water partition coefficient (Wildman–Crippen LogP) is 4.40. The Kier molecular flexibility index (Phi) is 6.14. The van der Waals surface area contributed by atoms with Gasteiger partial charge in [-0.05, 0) is 18.8 Å². The molecule has 1 aromatic rings. The van der Waals surface area contributed by atoms with E-state index in [1.54, 1.807) is 11.3 Å². The number of rotatable bonds is 8. The SMILES string of the molecule is CCCCCC(C)(C)CNC(C)c1cscn1. The number of aromatic nitrogens is 1. The molecule has 3 heteroatoms. The van der Waals surface area contributed by atoms with Gasteiger partial charge < -0.3 is 5.32 Å². The first-order chi connectivity index (χ1) is 8.05. The van der Waals surface area contributed by atoms with Crippen molar-refractivity contribution in [3.8, 4) is 0 Å². The predicted molar refractivity (Wildman–Crippen MR) is 76.5 cm³/mol. The zero-order valence-corrected chi connectivity index (χ0v) is 12.4. The molecule has 1 rings (SSSR count). The smallest absolute Gasteiger partial charge is 0.0795 e. The molecule has 0 fully saturated rings. The van der Waals surface area contributed by atoms with Crippen molar-refractivity contribution in [1.29, 1.82) is 0 Å². The van der Waals surface area contributed by atoms with Crippen molar-refractivity contribution in [2.45, 2.75) is 59.4 Å². The normalized spacial score (nSPS) is 13.9. The van der Waals surface area contributed by atoms with Gasteiger partial charge in [0.2, 0.25) is 0 Å². The van der Waals surface area contributed by atoms with Crippen LogP contribution >= 0.6 is 11.3 Å². The van der Waals surface area contributed by atoms with E-state index in [1.807, 2.05) is 5.51 Å². The van der Waals surface area contributed by atoms with Gasteiger partial charge >= 0.3 is 0 Å². The van der Waals surface area contributed by atoms with Crippen LogP contribution in [0, 0.1) is 5.41 Å². The maximum Gasteiger partial charge on any atom is 0.0795 e. The van der Waals surface area contributed by atoms with Gasteiger partial charge in [-0.1, -0.05) is 40.0 Å². The van der Waals surface area contributed by atoms with Crippen molar-refractivity contribution in [1.82, 2.24) is 10.3 Å². The third-order valence-corrected chi connectivity index (χ3v) is 3.84. The fourth-order valence-corrected chi connectivity index (χ4v) is 2.56. The number of thiazole rings is 1. The van der Waals surface area contributed by atoms with Gasteiger partial charge in [0, 0.05) is 18.0 Å². The van der Waals surface area contributed by atoms with Crippen molar-refractivity contribution >= 4 is 11.3 Å². The van der Waals surface area contributed by atoms with Crippen molar-refractivity contribution in [2.75, 3.05) is 6.54 Å².